The van der Waals surface area contributed by atoms with Gasteiger partial charge in [0.05, 0.1) is 6.33 Å². The minimum absolute atomic E-state index is 0.0972. The highest BCUT2D eigenvalue weighted by atomic mass is 16.3. The standard InChI is InChI=1S/C11H15N5O2/c1-5-6(3-17)2-7(5)16-4-13-8-9(16)14-11(12)15-10(8)18/h4-7,17H,2-3H2,1H3,(H3,12,14,15,18). The third-order valence-electron chi connectivity index (χ3n) is 3.94. The normalized spacial score (nSPS) is 27.3. The minimum Gasteiger partial charge on any atom is -0.396 e. The van der Waals surface area contributed by atoms with Crippen molar-refractivity contribution in [1.29, 1.82) is 0 Å². The number of hydrogen-bond acceptors (Lipinski definition) is 5. The molecule has 18 heavy (non-hydrogen) atoms. The largest absolute Gasteiger partial charge is 0.396 e. The molecule has 0 saturated heterocycles. The lowest BCUT2D eigenvalue weighted by atomic mass is 9.70. The van der Waals surface area contributed by atoms with Crippen molar-refractivity contribution >= 4 is 17.1 Å². The number of aromatic amines is 1. The molecule has 0 radical (unpaired) electrons. The minimum atomic E-state index is -0.318. The summed E-state index contributed by atoms with van der Waals surface area (Å²) in [7, 11) is 0. The molecule has 2 aromatic rings. The van der Waals surface area contributed by atoms with Gasteiger partial charge in [-0.3, -0.25) is 9.78 Å². The Kier molecular flexibility index (Phi) is 2.37. The van der Waals surface area contributed by atoms with Crippen LogP contribution in [-0.4, -0.2) is 31.2 Å². The van der Waals surface area contributed by atoms with Gasteiger partial charge in [0.1, 0.15) is 0 Å². The van der Waals surface area contributed by atoms with Gasteiger partial charge in [-0.1, -0.05) is 6.92 Å². The number of fused-ring (bicyclic) bond motifs is 1. The van der Waals surface area contributed by atoms with Gasteiger partial charge in [-0.15, -0.1) is 0 Å². The first-order chi connectivity index (χ1) is 8.61. The SMILES string of the molecule is CC1C(CO)CC1n1cnc2c(=O)[nH]c(N)nc21. The number of aromatic nitrogens is 4. The van der Waals surface area contributed by atoms with Crippen LogP contribution in [0.2, 0.25) is 0 Å². The Morgan fingerprint density at radius 3 is 3.11 bits per heavy atom. The van der Waals surface area contributed by atoms with E-state index in [9.17, 15) is 4.79 Å². The molecule has 0 spiro atoms. The predicted molar refractivity (Wildman–Crippen MR) is 66.0 cm³/mol. The number of nitrogens with zero attached hydrogens (tertiary/aromatic N) is 3. The van der Waals surface area contributed by atoms with Crippen LogP contribution in [0.15, 0.2) is 11.1 Å². The summed E-state index contributed by atoms with van der Waals surface area (Å²) in [5, 5.41) is 9.16. The van der Waals surface area contributed by atoms with E-state index in [1.807, 2.05) is 4.57 Å². The van der Waals surface area contributed by atoms with Crippen molar-refractivity contribution < 1.29 is 5.11 Å². The molecule has 1 aliphatic carbocycles. The lowest BCUT2D eigenvalue weighted by molar-refractivity contribution is 0.0440. The average molecular weight is 249 g/mol. The summed E-state index contributed by atoms with van der Waals surface area (Å²) in [6, 6.07) is 0.223. The molecule has 2 heterocycles. The molecule has 3 atom stereocenters. The maximum atomic E-state index is 11.7. The molecule has 0 aromatic carbocycles. The fraction of sp³-hybridized carbons (Fsp3) is 0.545. The molecule has 96 valence electrons. The van der Waals surface area contributed by atoms with E-state index < -0.39 is 0 Å². The van der Waals surface area contributed by atoms with Gasteiger partial charge >= 0.3 is 0 Å². The highest BCUT2D eigenvalue weighted by molar-refractivity contribution is 5.70. The number of aliphatic hydroxyl groups is 1. The van der Waals surface area contributed by atoms with Crippen LogP contribution in [0, 0.1) is 11.8 Å². The van der Waals surface area contributed by atoms with Crippen molar-refractivity contribution in [3.63, 3.8) is 0 Å². The zero-order valence-corrected chi connectivity index (χ0v) is 10.00. The molecule has 0 aliphatic heterocycles. The molecule has 7 nitrogen and oxygen atoms in total. The zero-order chi connectivity index (χ0) is 12.9. The molecule has 3 unspecified atom stereocenters. The van der Waals surface area contributed by atoms with Crippen LogP contribution in [-0.2, 0) is 0 Å². The second-order valence-corrected chi connectivity index (χ2v) is 4.88. The smallest absolute Gasteiger partial charge is 0.280 e. The topological polar surface area (TPSA) is 110 Å². The first-order valence-corrected chi connectivity index (χ1v) is 5.95. The number of nitrogens with one attached hydrogen (secondary N) is 1. The van der Waals surface area contributed by atoms with Crippen LogP contribution in [0.25, 0.3) is 11.2 Å². The lowest BCUT2D eigenvalue weighted by Gasteiger charge is -2.42. The Morgan fingerprint density at radius 2 is 2.44 bits per heavy atom. The van der Waals surface area contributed by atoms with E-state index in [0.29, 0.717) is 23.0 Å². The predicted octanol–water partition coefficient (Wildman–Crippen LogP) is -0.109. The third-order valence-corrected chi connectivity index (χ3v) is 3.94. The van der Waals surface area contributed by atoms with Crippen LogP contribution in [0.5, 0.6) is 0 Å². The summed E-state index contributed by atoms with van der Waals surface area (Å²) in [4.78, 5) is 22.3. The number of rotatable bonds is 2. The van der Waals surface area contributed by atoms with E-state index in [0.717, 1.165) is 6.42 Å². The van der Waals surface area contributed by atoms with Gasteiger partial charge in [0.25, 0.3) is 5.56 Å². The first kappa shape index (κ1) is 11.2. The van der Waals surface area contributed by atoms with Gasteiger partial charge in [-0.05, 0) is 18.3 Å². The van der Waals surface area contributed by atoms with Gasteiger partial charge in [0.15, 0.2) is 11.2 Å². The Bertz CT molecular complexity index is 646. The summed E-state index contributed by atoms with van der Waals surface area (Å²) in [5.41, 5.74) is 6.06. The second-order valence-electron chi connectivity index (χ2n) is 4.88. The van der Waals surface area contributed by atoms with E-state index in [1.54, 1.807) is 6.33 Å². The maximum Gasteiger partial charge on any atom is 0.280 e. The van der Waals surface area contributed by atoms with Crippen molar-refractivity contribution in [2.24, 2.45) is 11.8 Å². The number of anilines is 1. The molecule has 4 N–H and O–H groups in total. The van der Waals surface area contributed by atoms with Crippen LogP contribution < -0.4 is 11.3 Å². The van der Waals surface area contributed by atoms with Crippen molar-refractivity contribution in [2.75, 3.05) is 12.3 Å². The lowest BCUT2D eigenvalue weighted by Crippen LogP contribution is -2.38. The van der Waals surface area contributed by atoms with Crippen molar-refractivity contribution in [2.45, 2.75) is 19.4 Å². The van der Waals surface area contributed by atoms with Gasteiger partial charge in [0.2, 0.25) is 5.95 Å². The van der Waals surface area contributed by atoms with Gasteiger partial charge < -0.3 is 15.4 Å². The molecule has 2 aromatic heterocycles. The first-order valence-electron chi connectivity index (χ1n) is 5.95. The highest BCUT2D eigenvalue weighted by Crippen LogP contribution is 2.44. The van der Waals surface area contributed by atoms with Crippen molar-refractivity contribution in [3.8, 4) is 0 Å². The zero-order valence-electron chi connectivity index (χ0n) is 10.00. The van der Waals surface area contributed by atoms with Crippen LogP contribution in [0.1, 0.15) is 19.4 Å². The summed E-state index contributed by atoms with van der Waals surface area (Å²) in [6.07, 6.45) is 2.50. The van der Waals surface area contributed by atoms with E-state index >= 15 is 0 Å². The number of aliphatic hydroxyl groups excluding tert-OH is 1. The monoisotopic (exact) mass is 249 g/mol. The molecule has 7 heteroatoms. The van der Waals surface area contributed by atoms with Crippen LogP contribution in [0.4, 0.5) is 5.95 Å². The maximum absolute atomic E-state index is 11.7. The summed E-state index contributed by atoms with van der Waals surface area (Å²) < 4.78 is 1.89. The van der Waals surface area contributed by atoms with E-state index in [2.05, 4.69) is 21.9 Å². The quantitative estimate of drug-likeness (QED) is 0.688. The molecule has 1 aliphatic rings. The van der Waals surface area contributed by atoms with Crippen molar-refractivity contribution in [3.05, 3.63) is 16.7 Å². The second kappa shape index (κ2) is 3.81. The van der Waals surface area contributed by atoms with Gasteiger partial charge in [-0.2, -0.15) is 4.98 Å². The summed E-state index contributed by atoms with van der Waals surface area (Å²) >= 11 is 0. The molecular weight excluding hydrogens is 234 g/mol. The summed E-state index contributed by atoms with van der Waals surface area (Å²) in [6.45, 7) is 2.28. The molecule has 0 bridgehead atoms. The van der Waals surface area contributed by atoms with Crippen LogP contribution >= 0.6 is 0 Å². The van der Waals surface area contributed by atoms with Gasteiger partial charge in [0, 0.05) is 12.6 Å². The Balaban J connectivity index is 2.06. The molecule has 0 amide bonds. The number of nitrogens with two attached hydrogens (primary N) is 1. The summed E-state index contributed by atoms with van der Waals surface area (Å²) in [5.74, 6) is 0.751. The van der Waals surface area contributed by atoms with Gasteiger partial charge in [-0.25, -0.2) is 4.98 Å². The Morgan fingerprint density at radius 1 is 1.67 bits per heavy atom. The fourth-order valence-corrected chi connectivity index (χ4v) is 2.65. The third kappa shape index (κ3) is 1.43. The molecule has 3 rings (SSSR count). The fourth-order valence-electron chi connectivity index (χ4n) is 2.65. The number of imidazole rings is 1. The van der Waals surface area contributed by atoms with E-state index in [4.69, 9.17) is 10.8 Å². The van der Waals surface area contributed by atoms with Crippen molar-refractivity contribution in [1.82, 2.24) is 19.5 Å². The van der Waals surface area contributed by atoms with E-state index in [-0.39, 0.29) is 24.2 Å². The average Bonchev–Trinajstić information content (AvgIpc) is 2.72. The molecular formula is C11H15N5O2. The van der Waals surface area contributed by atoms with Crippen LogP contribution in [0.3, 0.4) is 0 Å². The highest BCUT2D eigenvalue weighted by Gasteiger charge is 2.39. The Labute approximate surface area is 103 Å². The number of H-pyrrole nitrogens is 1. The Hall–Kier alpha value is -1.89. The van der Waals surface area contributed by atoms with E-state index in [1.165, 1.54) is 0 Å². The number of nitrogen functional groups attached to an aromatic ring is 1. The molecule has 1 fully saturated rings. The molecule has 1 saturated carbocycles. The number of hydrogen-bond donors (Lipinski definition) is 3.